The van der Waals surface area contributed by atoms with Gasteiger partial charge in [-0.3, -0.25) is 0 Å². The molecule has 1 fully saturated rings. The molecule has 0 spiro atoms. The van der Waals surface area contributed by atoms with Crippen LogP contribution in [0.1, 0.15) is 33.1 Å². The molecule has 1 unspecified atom stereocenters. The van der Waals surface area contributed by atoms with E-state index in [1.807, 2.05) is 0 Å². The Labute approximate surface area is 82.9 Å². The van der Waals surface area contributed by atoms with Crippen molar-refractivity contribution >= 4 is 12.0 Å². The van der Waals surface area contributed by atoms with Gasteiger partial charge in [0.1, 0.15) is 5.54 Å². The summed E-state index contributed by atoms with van der Waals surface area (Å²) in [4.78, 5) is 22.1. The molecular weight excluding hydrogens is 184 g/mol. The number of urea groups is 1. The summed E-state index contributed by atoms with van der Waals surface area (Å²) in [7, 11) is 0. The normalized spacial score (nSPS) is 19.6. The summed E-state index contributed by atoms with van der Waals surface area (Å²) in [5, 5.41) is 14.0. The second kappa shape index (κ2) is 3.86. The van der Waals surface area contributed by atoms with Crippen LogP contribution in [0, 0.1) is 0 Å². The second-order valence-corrected chi connectivity index (χ2v) is 3.86. The van der Waals surface area contributed by atoms with Crippen LogP contribution in [0.2, 0.25) is 0 Å². The second-order valence-electron chi connectivity index (χ2n) is 3.86. The zero-order chi connectivity index (χ0) is 10.8. The van der Waals surface area contributed by atoms with E-state index in [-0.39, 0.29) is 12.1 Å². The van der Waals surface area contributed by atoms with Gasteiger partial charge in [0.05, 0.1) is 0 Å². The number of aliphatic carboxylic acids is 1. The van der Waals surface area contributed by atoms with Crippen LogP contribution in [0.25, 0.3) is 0 Å². The van der Waals surface area contributed by atoms with Gasteiger partial charge in [0, 0.05) is 6.04 Å². The van der Waals surface area contributed by atoms with E-state index in [1.54, 1.807) is 6.92 Å². The molecule has 0 bridgehead atoms. The maximum atomic E-state index is 11.3. The van der Waals surface area contributed by atoms with Crippen molar-refractivity contribution in [3.8, 4) is 0 Å². The van der Waals surface area contributed by atoms with Gasteiger partial charge in [-0.05, 0) is 26.2 Å². The van der Waals surface area contributed by atoms with E-state index < -0.39 is 11.5 Å². The number of carboxylic acid groups (broad SMARTS) is 1. The zero-order valence-corrected chi connectivity index (χ0v) is 8.46. The Bertz CT molecular complexity index is 250. The Balaban J connectivity index is 2.45. The summed E-state index contributed by atoms with van der Waals surface area (Å²) in [6.07, 6.45) is 2.34. The predicted octanol–water partition coefficient (Wildman–Crippen LogP) is 0.701. The topological polar surface area (TPSA) is 78.4 Å². The molecule has 5 nitrogen and oxygen atoms in total. The first-order chi connectivity index (χ1) is 6.48. The monoisotopic (exact) mass is 200 g/mol. The number of carbonyl (C=O) groups excluding carboxylic acids is 1. The highest BCUT2D eigenvalue weighted by Crippen LogP contribution is 2.18. The molecule has 0 saturated heterocycles. The molecule has 1 saturated carbocycles. The molecule has 0 aliphatic heterocycles. The molecular formula is C9H16N2O3. The molecule has 80 valence electrons. The van der Waals surface area contributed by atoms with Crippen molar-refractivity contribution in [2.24, 2.45) is 0 Å². The third-order valence-corrected chi connectivity index (χ3v) is 2.48. The Morgan fingerprint density at radius 2 is 2.07 bits per heavy atom. The summed E-state index contributed by atoms with van der Waals surface area (Å²) in [5.74, 6) is -1.01. The van der Waals surface area contributed by atoms with Crippen molar-refractivity contribution in [1.29, 1.82) is 0 Å². The highest BCUT2D eigenvalue weighted by molar-refractivity contribution is 5.85. The first kappa shape index (κ1) is 10.8. The fraction of sp³-hybridized carbons (Fsp3) is 0.778. The maximum Gasteiger partial charge on any atom is 0.329 e. The van der Waals surface area contributed by atoms with Crippen LogP contribution < -0.4 is 10.6 Å². The minimum Gasteiger partial charge on any atom is -0.480 e. The van der Waals surface area contributed by atoms with Crippen molar-refractivity contribution in [2.75, 3.05) is 0 Å². The molecule has 0 aromatic carbocycles. The zero-order valence-electron chi connectivity index (χ0n) is 8.46. The number of amides is 2. The molecule has 5 heteroatoms. The molecule has 0 aromatic rings. The number of hydrogen-bond acceptors (Lipinski definition) is 2. The van der Waals surface area contributed by atoms with Crippen molar-refractivity contribution in [1.82, 2.24) is 10.6 Å². The lowest BCUT2D eigenvalue weighted by atomic mass is 10.00. The number of nitrogens with one attached hydrogen (secondary N) is 2. The predicted molar refractivity (Wildman–Crippen MR) is 51.0 cm³/mol. The fourth-order valence-corrected chi connectivity index (χ4v) is 0.993. The SMILES string of the molecule is CCC(C)(NC(=O)NC1CC1)C(=O)O. The van der Waals surface area contributed by atoms with Crippen molar-refractivity contribution < 1.29 is 14.7 Å². The average Bonchev–Trinajstić information content (AvgIpc) is 2.87. The Morgan fingerprint density at radius 3 is 2.43 bits per heavy atom. The van der Waals surface area contributed by atoms with E-state index in [2.05, 4.69) is 10.6 Å². The first-order valence-electron chi connectivity index (χ1n) is 4.80. The summed E-state index contributed by atoms with van der Waals surface area (Å²) in [6.45, 7) is 3.23. The third kappa shape index (κ3) is 2.61. The van der Waals surface area contributed by atoms with Gasteiger partial charge in [-0.25, -0.2) is 9.59 Å². The highest BCUT2D eigenvalue weighted by Gasteiger charge is 2.34. The first-order valence-corrected chi connectivity index (χ1v) is 4.80. The molecule has 3 N–H and O–H groups in total. The molecule has 2 amide bonds. The summed E-state index contributed by atoms with van der Waals surface area (Å²) in [6, 6.07) is -0.149. The Morgan fingerprint density at radius 1 is 1.50 bits per heavy atom. The number of hydrogen-bond donors (Lipinski definition) is 3. The van der Waals surface area contributed by atoms with Crippen LogP contribution >= 0.6 is 0 Å². The molecule has 0 radical (unpaired) electrons. The average molecular weight is 200 g/mol. The molecule has 14 heavy (non-hydrogen) atoms. The van der Waals surface area contributed by atoms with Gasteiger partial charge in [0.15, 0.2) is 0 Å². The van der Waals surface area contributed by atoms with Crippen LogP contribution in [0.15, 0.2) is 0 Å². The highest BCUT2D eigenvalue weighted by atomic mass is 16.4. The van der Waals surface area contributed by atoms with Crippen molar-refractivity contribution in [3.63, 3.8) is 0 Å². The standard InChI is InChI=1S/C9H16N2O3/c1-3-9(2,7(12)13)11-8(14)10-6-4-5-6/h6H,3-5H2,1-2H3,(H,12,13)(H2,10,11,14). The van der Waals surface area contributed by atoms with Gasteiger partial charge in [-0.2, -0.15) is 0 Å². The van der Waals surface area contributed by atoms with E-state index >= 15 is 0 Å². The molecule has 0 heterocycles. The van der Waals surface area contributed by atoms with E-state index in [1.165, 1.54) is 6.92 Å². The van der Waals surface area contributed by atoms with Crippen LogP contribution in [-0.2, 0) is 4.79 Å². The van der Waals surface area contributed by atoms with E-state index in [0.29, 0.717) is 6.42 Å². The minimum absolute atomic E-state index is 0.241. The molecule has 1 atom stereocenters. The smallest absolute Gasteiger partial charge is 0.329 e. The lowest BCUT2D eigenvalue weighted by Crippen LogP contribution is -2.55. The van der Waals surface area contributed by atoms with E-state index in [0.717, 1.165) is 12.8 Å². The minimum atomic E-state index is -1.17. The molecule has 0 aromatic heterocycles. The maximum absolute atomic E-state index is 11.3. The van der Waals surface area contributed by atoms with Crippen LogP contribution in [-0.4, -0.2) is 28.7 Å². The van der Waals surface area contributed by atoms with Gasteiger partial charge < -0.3 is 15.7 Å². The Kier molecular flexibility index (Phi) is 2.98. The molecule has 1 rings (SSSR count). The summed E-state index contributed by atoms with van der Waals surface area (Å²) in [5.41, 5.74) is -1.17. The summed E-state index contributed by atoms with van der Waals surface area (Å²) < 4.78 is 0. The lowest BCUT2D eigenvalue weighted by molar-refractivity contribution is -0.143. The largest absolute Gasteiger partial charge is 0.480 e. The van der Waals surface area contributed by atoms with Gasteiger partial charge in [0.25, 0.3) is 0 Å². The van der Waals surface area contributed by atoms with Gasteiger partial charge in [-0.15, -0.1) is 0 Å². The van der Waals surface area contributed by atoms with Crippen LogP contribution in [0.4, 0.5) is 4.79 Å². The summed E-state index contributed by atoms with van der Waals surface area (Å²) >= 11 is 0. The molecule has 1 aliphatic rings. The van der Waals surface area contributed by atoms with Gasteiger partial charge >= 0.3 is 12.0 Å². The van der Waals surface area contributed by atoms with Crippen LogP contribution in [0.3, 0.4) is 0 Å². The van der Waals surface area contributed by atoms with Crippen LogP contribution in [0.5, 0.6) is 0 Å². The van der Waals surface area contributed by atoms with Gasteiger partial charge in [0.2, 0.25) is 0 Å². The van der Waals surface area contributed by atoms with Crippen molar-refractivity contribution in [3.05, 3.63) is 0 Å². The third-order valence-electron chi connectivity index (χ3n) is 2.48. The van der Waals surface area contributed by atoms with E-state index in [9.17, 15) is 9.59 Å². The molecule has 1 aliphatic carbocycles. The van der Waals surface area contributed by atoms with Gasteiger partial charge in [-0.1, -0.05) is 6.92 Å². The quantitative estimate of drug-likeness (QED) is 0.625. The fourth-order valence-electron chi connectivity index (χ4n) is 0.993. The Hall–Kier alpha value is -1.26. The lowest BCUT2D eigenvalue weighted by Gasteiger charge is -2.24. The van der Waals surface area contributed by atoms with E-state index in [4.69, 9.17) is 5.11 Å². The van der Waals surface area contributed by atoms with Crippen molar-refractivity contribution in [2.45, 2.75) is 44.7 Å². The number of rotatable bonds is 4. The number of carboxylic acids is 1. The number of carbonyl (C=O) groups is 2.